The second-order valence-corrected chi connectivity index (χ2v) is 11.2. The molecule has 1 aromatic heterocycles. The van der Waals surface area contributed by atoms with Crippen molar-refractivity contribution in [1.82, 2.24) is 15.2 Å². The van der Waals surface area contributed by atoms with E-state index < -0.39 is 34.6 Å². The summed E-state index contributed by atoms with van der Waals surface area (Å²) in [4.78, 5) is 31.5. The lowest BCUT2D eigenvalue weighted by molar-refractivity contribution is -0.137. The van der Waals surface area contributed by atoms with Gasteiger partial charge in [0, 0.05) is 48.5 Å². The molecule has 40 heavy (non-hydrogen) atoms. The van der Waals surface area contributed by atoms with Crippen molar-refractivity contribution in [2.45, 2.75) is 51.4 Å². The Bertz CT molecular complexity index is 1470. The van der Waals surface area contributed by atoms with Crippen molar-refractivity contribution in [2.24, 2.45) is 5.41 Å². The molecule has 2 aliphatic rings. The lowest BCUT2D eigenvalue weighted by atomic mass is 9.66. The van der Waals surface area contributed by atoms with E-state index in [1.807, 2.05) is 20.8 Å². The first-order valence-corrected chi connectivity index (χ1v) is 13.0. The highest BCUT2D eigenvalue weighted by Gasteiger charge is 2.51. The van der Waals surface area contributed by atoms with Crippen molar-refractivity contribution in [3.8, 4) is 0 Å². The van der Waals surface area contributed by atoms with E-state index in [0.29, 0.717) is 29.9 Å². The summed E-state index contributed by atoms with van der Waals surface area (Å²) in [5, 5.41) is 14.4. The van der Waals surface area contributed by atoms with Gasteiger partial charge in [0.15, 0.2) is 0 Å². The third-order valence-corrected chi connectivity index (χ3v) is 8.34. The van der Waals surface area contributed by atoms with Crippen LogP contribution in [0.1, 0.15) is 56.3 Å². The molecule has 2 saturated heterocycles. The monoisotopic (exact) mass is 558 g/mol. The Labute approximate surface area is 228 Å². The predicted molar refractivity (Wildman–Crippen MR) is 141 cm³/mol. The Morgan fingerprint density at radius 3 is 2.40 bits per heavy atom. The Balaban J connectivity index is 1.42. The van der Waals surface area contributed by atoms with Crippen molar-refractivity contribution in [3.63, 3.8) is 0 Å². The standard InChI is InChI=1S/C29H30F4N4O3/c1-17(18-4-6-19(7-5-18)29(31,32)33)36-13-11-28(40,27(2,3)16-36)22-8-9-23-21(25(22)30)14-20(15-34-23)37-12-10-24(38)35-26(37)39/h4-9,14-15,17,40H,10-13,16H2,1-3H3,(H,35,38,39)/t17-,28-/m0/s1. The molecule has 0 bridgehead atoms. The van der Waals surface area contributed by atoms with Crippen molar-refractivity contribution in [1.29, 1.82) is 0 Å². The fraction of sp³-hybridized carbons (Fsp3) is 0.414. The average Bonchev–Trinajstić information content (AvgIpc) is 2.89. The van der Waals surface area contributed by atoms with Crippen molar-refractivity contribution < 1.29 is 32.3 Å². The first-order chi connectivity index (χ1) is 18.7. The maximum Gasteiger partial charge on any atom is 0.416 e. The number of rotatable bonds is 4. The van der Waals surface area contributed by atoms with Crippen LogP contribution in [0.25, 0.3) is 10.9 Å². The van der Waals surface area contributed by atoms with E-state index in [9.17, 15) is 27.9 Å². The fourth-order valence-electron chi connectivity index (χ4n) is 5.78. The minimum Gasteiger partial charge on any atom is -0.384 e. The van der Waals surface area contributed by atoms with Gasteiger partial charge in [0.25, 0.3) is 0 Å². The maximum atomic E-state index is 16.1. The molecule has 0 aliphatic carbocycles. The van der Waals surface area contributed by atoms with Crippen LogP contribution in [0, 0.1) is 11.2 Å². The third-order valence-electron chi connectivity index (χ3n) is 8.34. The number of halogens is 4. The number of aromatic nitrogens is 1. The minimum atomic E-state index is -4.41. The van der Waals surface area contributed by atoms with Crippen LogP contribution in [0.15, 0.2) is 48.7 Å². The quantitative estimate of drug-likeness (QED) is 0.412. The largest absolute Gasteiger partial charge is 0.416 e. The highest BCUT2D eigenvalue weighted by atomic mass is 19.4. The topological polar surface area (TPSA) is 85.8 Å². The molecule has 7 nitrogen and oxygen atoms in total. The van der Waals surface area contributed by atoms with Crippen LogP contribution in [0.3, 0.4) is 0 Å². The first kappa shape index (κ1) is 28.0. The summed E-state index contributed by atoms with van der Waals surface area (Å²) in [5.41, 5.74) is -1.58. The lowest BCUT2D eigenvalue weighted by Crippen LogP contribution is -2.56. The number of urea groups is 1. The van der Waals surface area contributed by atoms with Gasteiger partial charge in [-0.1, -0.05) is 32.0 Å². The van der Waals surface area contributed by atoms with E-state index in [-0.39, 0.29) is 42.3 Å². The van der Waals surface area contributed by atoms with Crippen LogP contribution in [0.2, 0.25) is 0 Å². The SMILES string of the molecule is C[C@@H](c1ccc(C(F)(F)F)cc1)N1CC[C@](O)(c2ccc3ncc(N4CCC(=O)NC4=O)cc3c2F)C(C)(C)C1. The second-order valence-electron chi connectivity index (χ2n) is 11.2. The van der Waals surface area contributed by atoms with Gasteiger partial charge in [-0.2, -0.15) is 13.2 Å². The molecular formula is C29H30F4N4O3. The molecule has 3 amide bonds. The van der Waals surface area contributed by atoms with Gasteiger partial charge in [0.1, 0.15) is 5.82 Å². The summed E-state index contributed by atoms with van der Waals surface area (Å²) < 4.78 is 55.1. The molecule has 0 unspecified atom stereocenters. The summed E-state index contributed by atoms with van der Waals surface area (Å²) in [6.07, 6.45) is -2.67. The number of carbonyl (C=O) groups excluding carboxylic acids is 2. The zero-order chi connectivity index (χ0) is 29.0. The number of hydrogen-bond acceptors (Lipinski definition) is 5. The smallest absolute Gasteiger partial charge is 0.384 e. The van der Waals surface area contributed by atoms with Crippen LogP contribution in [-0.4, -0.2) is 46.6 Å². The van der Waals surface area contributed by atoms with Gasteiger partial charge in [-0.05, 0) is 43.2 Å². The summed E-state index contributed by atoms with van der Waals surface area (Å²) in [6.45, 7) is 6.47. The van der Waals surface area contributed by atoms with Crippen molar-refractivity contribution >= 4 is 28.5 Å². The van der Waals surface area contributed by atoms with Gasteiger partial charge in [0.2, 0.25) is 5.91 Å². The van der Waals surface area contributed by atoms with Crippen LogP contribution in [-0.2, 0) is 16.6 Å². The number of benzene rings is 2. The average molecular weight is 559 g/mol. The number of piperidine rings is 1. The molecule has 2 N–H and O–H groups in total. The van der Waals surface area contributed by atoms with E-state index in [1.54, 1.807) is 6.07 Å². The van der Waals surface area contributed by atoms with E-state index >= 15 is 4.39 Å². The van der Waals surface area contributed by atoms with E-state index in [2.05, 4.69) is 15.2 Å². The number of pyridine rings is 1. The van der Waals surface area contributed by atoms with E-state index in [1.165, 1.54) is 35.4 Å². The molecule has 2 atom stereocenters. The number of anilines is 1. The summed E-state index contributed by atoms with van der Waals surface area (Å²) in [6, 6.07) is 8.89. The van der Waals surface area contributed by atoms with Gasteiger partial charge in [-0.25, -0.2) is 9.18 Å². The molecule has 3 heterocycles. The molecule has 0 radical (unpaired) electrons. The molecule has 212 valence electrons. The van der Waals surface area contributed by atoms with Crippen LogP contribution >= 0.6 is 0 Å². The number of aliphatic hydroxyl groups is 1. The normalized spacial score (nSPS) is 22.9. The highest BCUT2D eigenvalue weighted by molar-refractivity contribution is 6.06. The van der Waals surface area contributed by atoms with Gasteiger partial charge in [0.05, 0.1) is 28.6 Å². The number of fused-ring (bicyclic) bond motifs is 1. The minimum absolute atomic E-state index is 0.113. The number of nitrogens with one attached hydrogen (secondary N) is 1. The number of carbonyl (C=O) groups is 2. The van der Waals surface area contributed by atoms with Crippen molar-refractivity contribution in [3.05, 3.63) is 71.2 Å². The molecule has 2 aromatic carbocycles. The third kappa shape index (κ3) is 4.81. The molecule has 0 saturated carbocycles. The van der Waals surface area contributed by atoms with Crippen LogP contribution in [0.4, 0.5) is 28.0 Å². The van der Waals surface area contributed by atoms with E-state index in [0.717, 1.165) is 12.1 Å². The molecule has 2 aliphatic heterocycles. The van der Waals surface area contributed by atoms with Crippen LogP contribution < -0.4 is 10.2 Å². The molecule has 3 aromatic rings. The molecule has 5 rings (SSSR count). The van der Waals surface area contributed by atoms with E-state index in [4.69, 9.17) is 0 Å². The Morgan fingerprint density at radius 2 is 1.77 bits per heavy atom. The summed E-state index contributed by atoms with van der Waals surface area (Å²) in [5.74, 6) is -1.02. The zero-order valence-electron chi connectivity index (χ0n) is 22.3. The fourth-order valence-corrected chi connectivity index (χ4v) is 5.78. The molecule has 0 spiro atoms. The lowest BCUT2D eigenvalue weighted by Gasteiger charge is -2.52. The summed E-state index contributed by atoms with van der Waals surface area (Å²) in [7, 11) is 0. The number of alkyl halides is 3. The molecule has 2 fully saturated rings. The second kappa shape index (κ2) is 9.81. The number of amides is 3. The van der Waals surface area contributed by atoms with Gasteiger partial charge in [-0.15, -0.1) is 0 Å². The molecular weight excluding hydrogens is 528 g/mol. The Hall–Kier alpha value is -3.57. The Kier molecular flexibility index (Phi) is 6.86. The molecule has 11 heteroatoms. The summed E-state index contributed by atoms with van der Waals surface area (Å²) >= 11 is 0. The number of imide groups is 1. The van der Waals surface area contributed by atoms with Crippen molar-refractivity contribution in [2.75, 3.05) is 24.5 Å². The number of likely N-dealkylation sites (tertiary alicyclic amines) is 1. The number of hydrogen-bond donors (Lipinski definition) is 2. The zero-order valence-corrected chi connectivity index (χ0v) is 22.3. The first-order valence-electron chi connectivity index (χ1n) is 13.0. The van der Waals surface area contributed by atoms with Gasteiger partial charge in [-0.3, -0.25) is 24.9 Å². The highest BCUT2D eigenvalue weighted by Crippen LogP contribution is 2.49. The maximum absolute atomic E-state index is 16.1. The van der Waals surface area contributed by atoms with Gasteiger partial charge < -0.3 is 5.11 Å². The Morgan fingerprint density at radius 1 is 1.07 bits per heavy atom. The predicted octanol–water partition coefficient (Wildman–Crippen LogP) is 5.52. The van der Waals surface area contributed by atoms with Gasteiger partial charge >= 0.3 is 12.2 Å². The number of nitrogens with zero attached hydrogens (tertiary/aromatic N) is 3. The van der Waals surface area contributed by atoms with Crippen LogP contribution in [0.5, 0.6) is 0 Å².